The number of hydrogen-bond acceptors (Lipinski definition) is 5. The molecule has 2 heterocycles. The van der Waals surface area contributed by atoms with Gasteiger partial charge in [0.15, 0.2) is 0 Å². The molecule has 2 aliphatic rings. The molecular formula is C22H19N5O4. The highest BCUT2D eigenvalue weighted by molar-refractivity contribution is 6.05. The molecule has 2 aromatic carbocycles. The molecule has 1 atom stereocenters. The fraction of sp³-hybridized carbons (Fsp3) is 0.227. The van der Waals surface area contributed by atoms with Gasteiger partial charge in [0.1, 0.15) is 6.04 Å². The number of nitrogens with one attached hydrogen (secondary N) is 3. The van der Waals surface area contributed by atoms with Crippen LogP contribution in [0.4, 0.5) is 10.5 Å². The molecule has 0 aliphatic carbocycles. The molecule has 5 amide bonds. The van der Waals surface area contributed by atoms with Crippen molar-refractivity contribution < 1.29 is 19.2 Å². The number of piperidine rings is 1. The highest BCUT2D eigenvalue weighted by Gasteiger charge is 2.39. The van der Waals surface area contributed by atoms with Gasteiger partial charge in [-0.15, -0.1) is 0 Å². The van der Waals surface area contributed by atoms with Crippen LogP contribution in [0.3, 0.4) is 0 Å². The minimum Gasteiger partial charge on any atom is -0.334 e. The van der Waals surface area contributed by atoms with Gasteiger partial charge in [-0.2, -0.15) is 5.26 Å². The summed E-state index contributed by atoms with van der Waals surface area (Å²) < 4.78 is 0. The van der Waals surface area contributed by atoms with Crippen LogP contribution in [0, 0.1) is 11.3 Å². The molecule has 0 spiro atoms. The average molecular weight is 417 g/mol. The molecule has 9 nitrogen and oxygen atoms in total. The molecular weight excluding hydrogens is 398 g/mol. The molecule has 1 fully saturated rings. The van der Waals surface area contributed by atoms with Crippen LogP contribution in [-0.4, -0.2) is 34.7 Å². The number of carbonyl (C=O) groups excluding carboxylic acids is 4. The summed E-state index contributed by atoms with van der Waals surface area (Å²) in [7, 11) is 0. The van der Waals surface area contributed by atoms with Crippen LogP contribution < -0.4 is 16.0 Å². The van der Waals surface area contributed by atoms with Gasteiger partial charge in [0.05, 0.1) is 11.6 Å². The third-order valence-electron chi connectivity index (χ3n) is 5.31. The van der Waals surface area contributed by atoms with Crippen molar-refractivity contribution in [1.29, 1.82) is 5.26 Å². The maximum Gasteiger partial charge on any atom is 0.319 e. The predicted octanol–water partition coefficient (Wildman–Crippen LogP) is 1.64. The Kier molecular flexibility index (Phi) is 5.37. The van der Waals surface area contributed by atoms with Crippen LogP contribution >= 0.6 is 0 Å². The van der Waals surface area contributed by atoms with Crippen molar-refractivity contribution in [2.24, 2.45) is 0 Å². The van der Waals surface area contributed by atoms with E-state index in [4.69, 9.17) is 5.26 Å². The van der Waals surface area contributed by atoms with E-state index in [1.165, 1.54) is 4.90 Å². The van der Waals surface area contributed by atoms with E-state index < -0.39 is 18.0 Å². The predicted molar refractivity (Wildman–Crippen MR) is 110 cm³/mol. The van der Waals surface area contributed by atoms with Gasteiger partial charge in [0.2, 0.25) is 11.8 Å². The van der Waals surface area contributed by atoms with Gasteiger partial charge in [-0.25, -0.2) is 4.79 Å². The van der Waals surface area contributed by atoms with Crippen molar-refractivity contribution in [1.82, 2.24) is 15.5 Å². The molecule has 1 saturated heterocycles. The molecule has 9 heteroatoms. The van der Waals surface area contributed by atoms with Crippen LogP contribution in [0.15, 0.2) is 42.5 Å². The van der Waals surface area contributed by atoms with E-state index in [9.17, 15) is 19.2 Å². The first-order chi connectivity index (χ1) is 14.9. The second kappa shape index (κ2) is 8.28. The number of carbonyl (C=O) groups is 4. The zero-order valence-corrected chi connectivity index (χ0v) is 16.5. The lowest BCUT2D eigenvalue weighted by molar-refractivity contribution is -0.136. The van der Waals surface area contributed by atoms with Crippen molar-refractivity contribution in [3.05, 3.63) is 64.7 Å². The van der Waals surface area contributed by atoms with Gasteiger partial charge >= 0.3 is 6.03 Å². The average Bonchev–Trinajstić information content (AvgIpc) is 3.08. The Bertz CT molecular complexity index is 1120. The van der Waals surface area contributed by atoms with Gasteiger partial charge < -0.3 is 15.5 Å². The minimum absolute atomic E-state index is 0.208. The SMILES string of the molecule is N#Cc1ccc(NC(=O)NCc2ccc3c(c2)CN(C2CCC(=O)NC2=O)C3=O)cc1. The first-order valence-corrected chi connectivity index (χ1v) is 9.76. The van der Waals surface area contributed by atoms with Crippen molar-refractivity contribution >= 4 is 29.4 Å². The third kappa shape index (κ3) is 4.23. The molecule has 0 saturated carbocycles. The molecule has 4 rings (SSSR count). The van der Waals surface area contributed by atoms with Crippen molar-refractivity contribution in [2.75, 3.05) is 5.32 Å². The van der Waals surface area contributed by atoms with E-state index in [-0.39, 0.29) is 31.3 Å². The number of nitrogens with zero attached hydrogens (tertiary/aromatic N) is 2. The molecule has 0 radical (unpaired) electrons. The maximum absolute atomic E-state index is 12.7. The number of amides is 5. The lowest BCUT2D eigenvalue weighted by atomic mass is 10.0. The number of fused-ring (bicyclic) bond motifs is 1. The summed E-state index contributed by atoms with van der Waals surface area (Å²) in [6, 6.07) is 12.8. The summed E-state index contributed by atoms with van der Waals surface area (Å²) >= 11 is 0. The fourth-order valence-electron chi connectivity index (χ4n) is 3.72. The number of imide groups is 1. The molecule has 2 aromatic rings. The monoisotopic (exact) mass is 417 g/mol. The summed E-state index contributed by atoms with van der Waals surface area (Å²) in [6.07, 6.45) is 0.522. The highest BCUT2D eigenvalue weighted by atomic mass is 16.2. The van der Waals surface area contributed by atoms with Gasteiger partial charge in [0.25, 0.3) is 5.91 Å². The zero-order chi connectivity index (χ0) is 22.0. The third-order valence-corrected chi connectivity index (χ3v) is 5.31. The normalized spacial score (nSPS) is 17.6. The number of benzene rings is 2. The van der Waals surface area contributed by atoms with Gasteiger partial charge in [-0.1, -0.05) is 12.1 Å². The number of urea groups is 1. The zero-order valence-electron chi connectivity index (χ0n) is 16.5. The van der Waals surface area contributed by atoms with Crippen LogP contribution in [0.2, 0.25) is 0 Å². The van der Waals surface area contributed by atoms with Crippen molar-refractivity contribution in [2.45, 2.75) is 32.0 Å². The fourth-order valence-corrected chi connectivity index (χ4v) is 3.72. The summed E-state index contributed by atoms with van der Waals surface area (Å²) in [5.74, 6) is -1.00. The second-order valence-corrected chi connectivity index (χ2v) is 7.39. The van der Waals surface area contributed by atoms with E-state index in [2.05, 4.69) is 16.0 Å². The summed E-state index contributed by atoms with van der Waals surface area (Å²) in [5, 5.41) is 16.5. The lowest BCUT2D eigenvalue weighted by Gasteiger charge is -2.29. The van der Waals surface area contributed by atoms with Crippen molar-refractivity contribution in [3.63, 3.8) is 0 Å². The van der Waals surface area contributed by atoms with E-state index in [1.807, 2.05) is 12.1 Å². The number of nitriles is 1. The Morgan fingerprint density at radius 1 is 1.16 bits per heavy atom. The van der Waals surface area contributed by atoms with E-state index in [0.29, 0.717) is 23.2 Å². The van der Waals surface area contributed by atoms with E-state index in [0.717, 1.165) is 11.1 Å². The van der Waals surface area contributed by atoms with Gasteiger partial charge in [-0.05, 0) is 47.9 Å². The Morgan fingerprint density at radius 3 is 2.65 bits per heavy atom. The summed E-state index contributed by atoms with van der Waals surface area (Å²) in [5.41, 5.74) is 3.18. The van der Waals surface area contributed by atoms with Crippen LogP contribution in [0.5, 0.6) is 0 Å². The van der Waals surface area contributed by atoms with Gasteiger partial charge in [0, 0.05) is 30.8 Å². The van der Waals surface area contributed by atoms with Gasteiger partial charge in [-0.3, -0.25) is 19.7 Å². The molecule has 0 aromatic heterocycles. The molecule has 1 unspecified atom stereocenters. The van der Waals surface area contributed by atoms with E-state index in [1.54, 1.807) is 36.4 Å². The molecule has 3 N–H and O–H groups in total. The number of rotatable bonds is 4. The topological polar surface area (TPSA) is 131 Å². The molecule has 2 aliphatic heterocycles. The van der Waals surface area contributed by atoms with Crippen molar-refractivity contribution in [3.8, 4) is 6.07 Å². The number of anilines is 1. The first-order valence-electron chi connectivity index (χ1n) is 9.76. The molecule has 0 bridgehead atoms. The van der Waals surface area contributed by atoms with E-state index >= 15 is 0 Å². The Labute approximate surface area is 178 Å². The lowest BCUT2D eigenvalue weighted by Crippen LogP contribution is -2.52. The first kappa shape index (κ1) is 20.1. The standard InChI is InChI=1S/C22H19N5O4/c23-10-13-1-4-16(5-2-13)25-22(31)24-11-14-3-6-17-15(9-14)12-27(21(17)30)18-7-8-19(28)26-20(18)29/h1-6,9,18H,7-8,11-12H2,(H2,24,25,31)(H,26,28,29). The quantitative estimate of drug-likeness (QED) is 0.651. The van der Waals surface area contributed by atoms with Crippen LogP contribution in [0.25, 0.3) is 0 Å². The van der Waals surface area contributed by atoms with Crippen LogP contribution in [-0.2, 0) is 22.7 Å². The Balaban J connectivity index is 1.37. The number of hydrogen-bond donors (Lipinski definition) is 3. The Hall–Kier alpha value is -4.19. The second-order valence-electron chi connectivity index (χ2n) is 7.39. The molecule has 156 valence electrons. The smallest absolute Gasteiger partial charge is 0.319 e. The molecule has 31 heavy (non-hydrogen) atoms. The Morgan fingerprint density at radius 2 is 1.94 bits per heavy atom. The summed E-state index contributed by atoms with van der Waals surface area (Å²) in [4.78, 5) is 49.8. The largest absolute Gasteiger partial charge is 0.334 e. The minimum atomic E-state index is -0.655. The van der Waals surface area contributed by atoms with Crippen LogP contribution in [0.1, 0.15) is 39.9 Å². The summed E-state index contributed by atoms with van der Waals surface area (Å²) in [6.45, 7) is 0.535. The maximum atomic E-state index is 12.7. The highest BCUT2D eigenvalue weighted by Crippen LogP contribution is 2.28.